The van der Waals surface area contributed by atoms with Crippen LogP contribution in [-0.4, -0.2) is 11.1 Å². The summed E-state index contributed by atoms with van der Waals surface area (Å²) in [6.07, 6.45) is 2.44. The molecule has 1 N–H and O–H groups in total. The number of halogens is 1. The van der Waals surface area contributed by atoms with Crippen LogP contribution >= 0.6 is 11.6 Å². The Labute approximate surface area is 109 Å². The molecular formula is C14H11ClO3. The first-order valence-electron chi connectivity index (χ1n) is 5.34. The fourth-order valence-electron chi connectivity index (χ4n) is 1.61. The van der Waals surface area contributed by atoms with Crippen LogP contribution in [-0.2, 0) is 4.79 Å². The van der Waals surface area contributed by atoms with Crippen molar-refractivity contribution in [2.75, 3.05) is 0 Å². The molecule has 0 radical (unpaired) electrons. The first kappa shape index (κ1) is 12.5. The maximum Gasteiger partial charge on any atom is 0.328 e. The van der Waals surface area contributed by atoms with Gasteiger partial charge in [-0.05, 0) is 36.8 Å². The molecule has 0 amide bonds. The van der Waals surface area contributed by atoms with Crippen LogP contribution < -0.4 is 0 Å². The van der Waals surface area contributed by atoms with Gasteiger partial charge in [-0.3, -0.25) is 0 Å². The lowest BCUT2D eigenvalue weighted by molar-refractivity contribution is -0.131. The maximum absolute atomic E-state index is 10.4. The minimum absolute atomic E-state index is 0.492. The van der Waals surface area contributed by atoms with Crippen molar-refractivity contribution in [2.24, 2.45) is 0 Å². The molecule has 2 rings (SSSR count). The highest BCUT2D eigenvalue weighted by molar-refractivity contribution is 6.31. The minimum atomic E-state index is -1.01. The second-order valence-electron chi connectivity index (χ2n) is 3.79. The highest BCUT2D eigenvalue weighted by Gasteiger charge is 2.08. The fourth-order valence-corrected chi connectivity index (χ4v) is 1.79. The van der Waals surface area contributed by atoms with Gasteiger partial charge >= 0.3 is 5.97 Å². The number of aliphatic carboxylic acids is 1. The highest BCUT2D eigenvalue weighted by atomic mass is 35.5. The molecule has 92 valence electrons. The Morgan fingerprint density at radius 3 is 2.83 bits per heavy atom. The van der Waals surface area contributed by atoms with Gasteiger partial charge in [-0.15, -0.1) is 0 Å². The number of hydrogen-bond donors (Lipinski definition) is 1. The molecule has 0 aliphatic heterocycles. The standard InChI is InChI=1S/C14H11ClO3/c1-9-11(3-2-4-12(9)15)13-7-5-10(18-13)6-8-14(16)17/h2-8H,1H3,(H,16,17). The molecule has 0 aliphatic rings. The van der Waals surface area contributed by atoms with Gasteiger partial charge in [0.05, 0.1) is 0 Å². The van der Waals surface area contributed by atoms with E-state index < -0.39 is 5.97 Å². The van der Waals surface area contributed by atoms with Gasteiger partial charge in [0, 0.05) is 16.7 Å². The molecule has 0 bridgehead atoms. The van der Waals surface area contributed by atoms with Gasteiger partial charge in [-0.2, -0.15) is 0 Å². The Bertz CT molecular complexity index is 611. The minimum Gasteiger partial charge on any atom is -0.478 e. The number of furan rings is 1. The molecule has 0 atom stereocenters. The van der Waals surface area contributed by atoms with E-state index in [0.29, 0.717) is 16.5 Å². The summed E-state index contributed by atoms with van der Waals surface area (Å²) >= 11 is 6.04. The number of carboxylic acid groups (broad SMARTS) is 1. The summed E-state index contributed by atoms with van der Waals surface area (Å²) < 4.78 is 5.55. The Hall–Kier alpha value is -2.00. The molecule has 2 aromatic rings. The first-order chi connectivity index (χ1) is 8.58. The first-order valence-corrected chi connectivity index (χ1v) is 5.72. The van der Waals surface area contributed by atoms with Gasteiger partial charge in [-0.25, -0.2) is 4.79 Å². The molecule has 18 heavy (non-hydrogen) atoms. The molecule has 0 fully saturated rings. The Kier molecular flexibility index (Phi) is 3.53. The van der Waals surface area contributed by atoms with Crippen LogP contribution in [0.4, 0.5) is 0 Å². The monoisotopic (exact) mass is 262 g/mol. The van der Waals surface area contributed by atoms with Crippen molar-refractivity contribution < 1.29 is 14.3 Å². The summed E-state index contributed by atoms with van der Waals surface area (Å²) in [5.74, 6) is 0.152. The number of benzene rings is 1. The zero-order valence-corrected chi connectivity index (χ0v) is 10.4. The van der Waals surface area contributed by atoms with Gasteiger partial charge < -0.3 is 9.52 Å². The Morgan fingerprint density at radius 1 is 1.33 bits per heavy atom. The van der Waals surface area contributed by atoms with Crippen molar-refractivity contribution in [1.29, 1.82) is 0 Å². The van der Waals surface area contributed by atoms with Crippen LogP contribution in [0.1, 0.15) is 11.3 Å². The summed E-state index contributed by atoms with van der Waals surface area (Å²) in [4.78, 5) is 10.4. The number of hydrogen-bond acceptors (Lipinski definition) is 2. The highest BCUT2D eigenvalue weighted by Crippen LogP contribution is 2.29. The quantitative estimate of drug-likeness (QED) is 0.851. The van der Waals surface area contributed by atoms with Crippen molar-refractivity contribution in [1.82, 2.24) is 0 Å². The smallest absolute Gasteiger partial charge is 0.328 e. The van der Waals surface area contributed by atoms with E-state index in [2.05, 4.69) is 0 Å². The third-order valence-corrected chi connectivity index (χ3v) is 2.96. The van der Waals surface area contributed by atoms with Crippen LogP contribution in [0.2, 0.25) is 5.02 Å². The lowest BCUT2D eigenvalue weighted by atomic mass is 10.1. The van der Waals surface area contributed by atoms with Crippen LogP contribution in [0, 0.1) is 6.92 Å². The molecule has 1 aromatic heterocycles. The Balaban J connectivity index is 2.35. The van der Waals surface area contributed by atoms with E-state index in [4.69, 9.17) is 21.1 Å². The van der Waals surface area contributed by atoms with Crippen LogP contribution in [0.5, 0.6) is 0 Å². The van der Waals surface area contributed by atoms with E-state index in [9.17, 15) is 4.79 Å². The van der Waals surface area contributed by atoms with E-state index in [1.54, 1.807) is 12.1 Å². The number of carboxylic acids is 1. The predicted molar refractivity (Wildman–Crippen MR) is 70.6 cm³/mol. The van der Waals surface area contributed by atoms with Crippen LogP contribution in [0.15, 0.2) is 40.8 Å². The third kappa shape index (κ3) is 2.63. The number of rotatable bonds is 3. The van der Waals surface area contributed by atoms with E-state index in [-0.39, 0.29) is 0 Å². The van der Waals surface area contributed by atoms with Gasteiger partial charge in [-0.1, -0.05) is 23.7 Å². The summed E-state index contributed by atoms with van der Waals surface area (Å²) in [6, 6.07) is 9.08. The molecule has 1 aromatic carbocycles. The van der Waals surface area contributed by atoms with Gasteiger partial charge in [0.25, 0.3) is 0 Å². The largest absolute Gasteiger partial charge is 0.478 e. The van der Waals surface area contributed by atoms with E-state index >= 15 is 0 Å². The van der Waals surface area contributed by atoms with E-state index in [0.717, 1.165) is 17.2 Å². The van der Waals surface area contributed by atoms with Crippen molar-refractivity contribution >= 4 is 23.6 Å². The van der Waals surface area contributed by atoms with E-state index in [1.165, 1.54) is 6.08 Å². The average molecular weight is 263 g/mol. The molecule has 3 nitrogen and oxygen atoms in total. The van der Waals surface area contributed by atoms with Crippen molar-refractivity contribution in [3.63, 3.8) is 0 Å². The summed E-state index contributed by atoms with van der Waals surface area (Å²) in [5.41, 5.74) is 1.83. The zero-order chi connectivity index (χ0) is 13.1. The second-order valence-corrected chi connectivity index (χ2v) is 4.19. The van der Waals surface area contributed by atoms with Gasteiger partial charge in [0.1, 0.15) is 11.5 Å². The second kappa shape index (κ2) is 5.10. The third-order valence-electron chi connectivity index (χ3n) is 2.55. The SMILES string of the molecule is Cc1c(Cl)cccc1-c1ccc(C=CC(=O)O)o1. The van der Waals surface area contributed by atoms with Gasteiger partial charge in [0.15, 0.2) is 0 Å². The lowest BCUT2D eigenvalue weighted by Crippen LogP contribution is -1.84. The Morgan fingerprint density at radius 2 is 2.11 bits per heavy atom. The molecule has 4 heteroatoms. The molecule has 0 saturated carbocycles. The lowest BCUT2D eigenvalue weighted by Gasteiger charge is -2.03. The number of carbonyl (C=O) groups is 1. The van der Waals surface area contributed by atoms with E-state index in [1.807, 2.05) is 25.1 Å². The maximum atomic E-state index is 10.4. The fraction of sp³-hybridized carbons (Fsp3) is 0.0714. The molecule has 0 spiro atoms. The van der Waals surface area contributed by atoms with Crippen LogP contribution in [0.3, 0.4) is 0 Å². The molecule has 0 unspecified atom stereocenters. The summed E-state index contributed by atoms with van der Waals surface area (Å²) in [6.45, 7) is 1.91. The molecule has 0 aliphatic carbocycles. The summed E-state index contributed by atoms with van der Waals surface area (Å²) in [7, 11) is 0. The molecule has 1 heterocycles. The van der Waals surface area contributed by atoms with Crippen molar-refractivity contribution in [3.8, 4) is 11.3 Å². The summed E-state index contributed by atoms with van der Waals surface area (Å²) in [5, 5.41) is 9.21. The average Bonchev–Trinajstić information content (AvgIpc) is 2.78. The van der Waals surface area contributed by atoms with Crippen molar-refractivity contribution in [2.45, 2.75) is 6.92 Å². The molecule has 0 saturated heterocycles. The molecular weight excluding hydrogens is 252 g/mol. The predicted octanol–water partition coefficient (Wildman–Crippen LogP) is 4.01. The van der Waals surface area contributed by atoms with Crippen LogP contribution in [0.25, 0.3) is 17.4 Å². The van der Waals surface area contributed by atoms with Crippen molar-refractivity contribution in [3.05, 3.63) is 52.8 Å². The van der Waals surface area contributed by atoms with Gasteiger partial charge in [0.2, 0.25) is 0 Å². The normalized spacial score (nSPS) is 11.0. The topological polar surface area (TPSA) is 50.4 Å². The zero-order valence-electron chi connectivity index (χ0n) is 9.68.